The molecule has 3 heterocycles. The molecule has 0 radical (unpaired) electrons. The first-order valence-electron chi connectivity index (χ1n) is 20.2. The van der Waals surface area contributed by atoms with Gasteiger partial charge in [-0.25, -0.2) is 18.7 Å². The molecular weight excluding hydrogens is 952 g/mol. The molecule has 1 aromatic heterocycles. The molecule has 2 aliphatic heterocycles. The molecule has 2 aliphatic rings. The summed E-state index contributed by atoms with van der Waals surface area (Å²) in [4.78, 5) is 121. The van der Waals surface area contributed by atoms with Gasteiger partial charge in [0.1, 0.15) is 66.9 Å². The zero-order valence-corrected chi connectivity index (χ0v) is 37.6. The molecule has 3 unspecified atom stereocenters. The smallest absolute Gasteiger partial charge is 0.481 e. The Balaban J connectivity index is 1.71. The number of amides is 4. The number of unbranched alkanes of at least 4 members (excludes halogenated alkanes) is 1. The Morgan fingerprint density at radius 1 is 0.881 bits per heavy atom. The fourth-order valence-corrected chi connectivity index (χ4v) is 8.62. The van der Waals surface area contributed by atoms with Gasteiger partial charge < -0.3 is 81.6 Å². The van der Waals surface area contributed by atoms with Gasteiger partial charge in [0, 0.05) is 25.6 Å². The van der Waals surface area contributed by atoms with E-state index < -0.39 is 168 Å². The van der Waals surface area contributed by atoms with E-state index in [1.54, 1.807) is 0 Å². The second-order valence-electron chi connectivity index (χ2n) is 15.1. The van der Waals surface area contributed by atoms with E-state index in [-0.39, 0.29) is 13.0 Å². The zero-order chi connectivity index (χ0) is 50.6. The number of nitrogens with two attached hydrogens (primary N) is 1. The number of carboxylic acid groups (broad SMARTS) is 2. The molecule has 67 heavy (non-hydrogen) atoms. The van der Waals surface area contributed by atoms with Crippen LogP contribution in [0.15, 0.2) is 21.9 Å². The Hall–Kier alpha value is -4.56. The van der Waals surface area contributed by atoms with Gasteiger partial charge in [-0.05, 0) is 46.1 Å². The zero-order valence-electron chi connectivity index (χ0n) is 35.8. The number of hydrogen-bond acceptors (Lipinski definition) is 21. The quantitative estimate of drug-likeness (QED) is 0.0304. The predicted octanol–water partition coefficient (Wildman–Crippen LogP) is -5.68. The van der Waals surface area contributed by atoms with Gasteiger partial charge in [-0.2, -0.15) is 4.31 Å². The second kappa shape index (κ2) is 25.2. The van der Waals surface area contributed by atoms with Crippen molar-refractivity contribution in [2.45, 2.75) is 132 Å². The van der Waals surface area contributed by atoms with E-state index in [0.717, 1.165) is 33.0 Å². The molecular formula is C34H55N7O24P2. The summed E-state index contributed by atoms with van der Waals surface area (Å²) in [7, 11) is -11.7. The van der Waals surface area contributed by atoms with E-state index in [1.807, 2.05) is 4.98 Å². The molecule has 0 spiro atoms. The third-order valence-corrected chi connectivity index (χ3v) is 12.5. The normalized spacial score (nSPS) is 27.5. The number of nitrogens with zero attached hydrogens (tertiary/aromatic N) is 1. The van der Waals surface area contributed by atoms with Crippen LogP contribution in [0.3, 0.4) is 0 Å². The lowest BCUT2D eigenvalue weighted by Gasteiger charge is -2.44. The van der Waals surface area contributed by atoms with E-state index in [1.165, 1.54) is 0 Å². The number of hydrogen-bond donors (Lipinski definition) is 14. The van der Waals surface area contributed by atoms with E-state index >= 15 is 0 Å². The highest BCUT2D eigenvalue weighted by Crippen LogP contribution is 2.61. The summed E-state index contributed by atoms with van der Waals surface area (Å²) in [6, 6.07) is -5.54. The molecule has 0 aliphatic carbocycles. The van der Waals surface area contributed by atoms with E-state index in [0.29, 0.717) is 17.4 Å². The number of nitrogens with one attached hydrogen (secondary N) is 5. The minimum atomic E-state index is -5.92. The molecule has 33 heteroatoms. The maximum Gasteiger partial charge on any atom is 0.483 e. The lowest BCUT2D eigenvalue weighted by Crippen LogP contribution is -2.66. The predicted molar refractivity (Wildman–Crippen MR) is 218 cm³/mol. The van der Waals surface area contributed by atoms with Crippen LogP contribution in [0.2, 0.25) is 0 Å². The molecule has 0 aromatic carbocycles. The van der Waals surface area contributed by atoms with Crippen LogP contribution in [0, 0.1) is 0 Å². The van der Waals surface area contributed by atoms with Crippen LogP contribution in [0.5, 0.6) is 0 Å². The van der Waals surface area contributed by atoms with E-state index in [2.05, 4.69) is 30.1 Å². The summed E-state index contributed by atoms with van der Waals surface area (Å²) >= 11 is 0. The molecule has 15 N–H and O–H groups in total. The number of rotatable bonds is 26. The van der Waals surface area contributed by atoms with Crippen LogP contribution < -0.4 is 38.2 Å². The number of carbonyl (C=O) groups is 6. The van der Waals surface area contributed by atoms with Crippen molar-refractivity contribution >= 4 is 51.2 Å². The number of carboxylic acids is 2. The molecule has 0 saturated carbocycles. The fourth-order valence-electron chi connectivity index (χ4n) is 6.45. The van der Waals surface area contributed by atoms with Crippen molar-refractivity contribution in [3.05, 3.63) is 33.1 Å². The number of aromatic amines is 1. The minimum absolute atomic E-state index is 0.0302. The van der Waals surface area contributed by atoms with Gasteiger partial charge in [0.05, 0.1) is 13.2 Å². The van der Waals surface area contributed by atoms with Crippen molar-refractivity contribution in [3.8, 4) is 0 Å². The van der Waals surface area contributed by atoms with Gasteiger partial charge in [0.15, 0.2) is 12.5 Å². The third-order valence-electron chi connectivity index (χ3n) is 9.86. The first-order valence-corrected chi connectivity index (χ1v) is 23.2. The van der Waals surface area contributed by atoms with Crippen LogP contribution in [0.1, 0.15) is 59.1 Å². The number of aliphatic hydroxyl groups is 4. The van der Waals surface area contributed by atoms with E-state index in [4.69, 9.17) is 24.5 Å². The number of aliphatic carboxylic acids is 2. The highest BCUT2D eigenvalue weighted by atomic mass is 31.3. The van der Waals surface area contributed by atoms with Gasteiger partial charge in [-0.15, -0.1) is 0 Å². The number of phosphoric ester groups is 2. The van der Waals surface area contributed by atoms with Crippen molar-refractivity contribution < 1.29 is 106 Å². The molecule has 31 nitrogen and oxygen atoms in total. The number of phosphoric acid groups is 2. The van der Waals surface area contributed by atoms with Gasteiger partial charge >= 0.3 is 33.3 Å². The largest absolute Gasteiger partial charge is 0.483 e. The summed E-state index contributed by atoms with van der Waals surface area (Å²) < 4.78 is 56.9. The van der Waals surface area contributed by atoms with Crippen LogP contribution in [-0.2, 0) is 65.5 Å². The molecule has 2 saturated heterocycles. The van der Waals surface area contributed by atoms with Gasteiger partial charge in [-0.3, -0.25) is 47.4 Å². The number of H-pyrrole nitrogens is 1. The highest BCUT2D eigenvalue weighted by molar-refractivity contribution is 7.61. The van der Waals surface area contributed by atoms with Crippen LogP contribution >= 0.6 is 15.6 Å². The molecule has 380 valence electrons. The summed E-state index contributed by atoms with van der Waals surface area (Å²) in [5, 5.41) is 69.5. The lowest BCUT2D eigenvalue weighted by atomic mass is 9.96. The molecule has 4 amide bonds. The van der Waals surface area contributed by atoms with Crippen molar-refractivity contribution in [2.24, 2.45) is 5.73 Å². The van der Waals surface area contributed by atoms with Gasteiger partial charge in [-0.1, -0.05) is 0 Å². The second-order valence-corrected chi connectivity index (χ2v) is 18.1. The van der Waals surface area contributed by atoms with Crippen molar-refractivity contribution in [1.82, 2.24) is 30.8 Å². The SMILES string of the molecule is CC(=O)N[C@H]1C(OP(=O)(O)OP(=O)(O)OC[C@H]2O[C@@H](n3ccc(=O)[nH]c3=O)[C@H](O)[C@@H]2O)O[C@H](CO)[C@@H](O)[C@@H]1O[C@H](C)C(=O)N[C@@H](C)C(=O)N[C@H](CCC(=O)O)C(=O)N[C@@H](CCCCN)C(=O)O. The Morgan fingerprint density at radius 3 is 2.12 bits per heavy atom. The fraction of sp³-hybridized carbons (Fsp3) is 0.706. The Morgan fingerprint density at radius 2 is 1.54 bits per heavy atom. The number of aromatic nitrogens is 2. The Labute approximate surface area is 378 Å². The summed E-state index contributed by atoms with van der Waals surface area (Å²) in [6.07, 6.45) is -16.3. The summed E-state index contributed by atoms with van der Waals surface area (Å²) in [6.45, 7) is 1.15. The molecule has 3 rings (SSSR count). The summed E-state index contributed by atoms with van der Waals surface area (Å²) in [5.74, 6) is -6.91. The first kappa shape index (κ1) is 56.8. The first-order chi connectivity index (χ1) is 31.2. The van der Waals surface area contributed by atoms with Crippen molar-refractivity contribution in [3.63, 3.8) is 0 Å². The van der Waals surface area contributed by atoms with Crippen LogP contribution in [-0.4, -0.2) is 178 Å². The minimum Gasteiger partial charge on any atom is -0.481 e. The molecule has 1 aromatic rings. The Bertz CT molecular complexity index is 2130. The third kappa shape index (κ3) is 16.9. The topological polar surface area (TPSA) is 483 Å². The van der Waals surface area contributed by atoms with Crippen LogP contribution in [0.25, 0.3) is 0 Å². The summed E-state index contributed by atoms with van der Waals surface area (Å²) in [5.41, 5.74) is 3.57. The Kier molecular flexibility index (Phi) is 21.3. The maximum atomic E-state index is 13.3. The van der Waals surface area contributed by atoms with Gasteiger partial charge in [0.25, 0.3) is 5.56 Å². The van der Waals surface area contributed by atoms with Crippen LogP contribution in [0.4, 0.5) is 0 Å². The molecule has 0 bridgehead atoms. The monoisotopic (exact) mass is 1010 g/mol. The van der Waals surface area contributed by atoms with Crippen molar-refractivity contribution in [2.75, 3.05) is 19.8 Å². The number of ether oxygens (including phenoxy) is 3. The average molecular weight is 1010 g/mol. The average Bonchev–Trinajstić information content (AvgIpc) is 3.50. The van der Waals surface area contributed by atoms with Gasteiger partial charge in [0.2, 0.25) is 23.6 Å². The lowest BCUT2D eigenvalue weighted by molar-refractivity contribution is -0.261. The molecule has 2 fully saturated rings. The number of carbonyl (C=O) groups excluding carboxylic acids is 4. The maximum absolute atomic E-state index is 13.3. The van der Waals surface area contributed by atoms with E-state index in [9.17, 15) is 87.9 Å². The highest BCUT2D eigenvalue weighted by Gasteiger charge is 2.52. The van der Waals surface area contributed by atoms with Crippen molar-refractivity contribution in [1.29, 1.82) is 0 Å². The molecule has 15 atom stereocenters. The standard InChI is InChI=1S/C34H55N7O24P2/c1-14(28(50)38-17(7-8-22(45)46)30(52)39-18(32(53)54)6-4-5-10-35)36-29(51)15(2)61-27-23(37-16(3)43)33(63-19(12-42)25(27)48)64-67(58,59)65-66(56,57)60-13-20-24(47)26(49)31(62-20)41-11-9-21(44)40-34(41)55/h9,11,14-15,17-20,23-27,31,33,42,47-49H,4-8,10,12-13,35H2,1-3H3,(H,36,51)(H,37,43)(H,38,50)(H,39,52)(H,45,46)(H,53,54)(H,56,57)(H,58,59)(H,40,44,55)/t14-,15+,17+,18-,19+,20+,23+,24+,25+,26+,27+,31+,33?/m0/s1. The number of aliphatic hydroxyl groups excluding tert-OH is 4.